The summed E-state index contributed by atoms with van der Waals surface area (Å²) in [4.78, 5) is 17.7. The van der Waals surface area contributed by atoms with Gasteiger partial charge in [-0.05, 0) is 48.2 Å². The van der Waals surface area contributed by atoms with E-state index in [1.807, 2.05) is 23.1 Å². The third kappa shape index (κ3) is 4.91. The molecule has 0 spiro atoms. The first-order valence-corrected chi connectivity index (χ1v) is 11.0. The minimum absolute atomic E-state index is 0.0258. The van der Waals surface area contributed by atoms with Crippen LogP contribution in [0.25, 0.3) is 0 Å². The Morgan fingerprint density at radius 1 is 1.06 bits per heavy atom. The van der Waals surface area contributed by atoms with Gasteiger partial charge in [-0.3, -0.25) is 9.69 Å². The van der Waals surface area contributed by atoms with Crippen molar-refractivity contribution in [2.75, 3.05) is 49.1 Å². The summed E-state index contributed by atoms with van der Waals surface area (Å²) in [7, 11) is 0. The Bertz CT molecular complexity index is 971. The highest BCUT2D eigenvalue weighted by Crippen LogP contribution is 2.32. The molecule has 4 rings (SSSR count). The number of rotatable bonds is 4. The third-order valence-corrected chi connectivity index (χ3v) is 6.33. The Balaban J connectivity index is 1.36. The number of alkyl halides is 3. The minimum Gasteiger partial charge on any atom is -0.387 e. The zero-order valence-corrected chi connectivity index (χ0v) is 18.1. The number of hydrogen-bond donors (Lipinski definition) is 1. The number of aliphatic hydroxyl groups is 1. The topological polar surface area (TPSA) is 47.0 Å². The minimum atomic E-state index is -4.35. The smallest absolute Gasteiger partial charge is 0.387 e. The van der Waals surface area contributed by atoms with Gasteiger partial charge in [-0.2, -0.15) is 13.2 Å². The van der Waals surface area contributed by atoms with E-state index in [4.69, 9.17) is 0 Å². The summed E-state index contributed by atoms with van der Waals surface area (Å²) in [5, 5.41) is 10.8. The summed E-state index contributed by atoms with van der Waals surface area (Å²) in [5.74, 6) is 0.0258. The summed E-state index contributed by atoms with van der Waals surface area (Å²) < 4.78 is 39.0. The Labute approximate surface area is 186 Å². The normalized spacial score (nSPS) is 18.4. The van der Waals surface area contributed by atoms with Gasteiger partial charge in [-0.15, -0.1) is 0 Å². The van der Waals surface area contributed by atoms with Crippen LogP contribution < -0.4 is 9.80 Å². The van der Waals surface area contributed by atoms with Gasteiger partial charge in [0.25, 0.3) is 0 Å². The highest BCUT2D eigenvalue weighted by Gasteiger charge is 2.31. The maximum absolute atomic E-state index is 13.0. The van der Waals surface area contributed by atoms with Gasteiger partial charge in [0.1, 0.15) is 0 Å². The van der Waals surface area contributed by atoms with Gasteiger partial charge in [0.05, 0.1) is 11.7 Å². The molecule has 0 bridgehead atoms. The van der Waals surface area contributed by atoms with E-state index in [0.29, 0.717) is 38.4 Å². The molecule has 1 saturated heterocycles. The second kappa shape index (κ2) is 9.11. The van der Waals surface area contributed by atoms with Crippen molar-refractivity contribution >= 4 is 17.3 Å². The molecule has 0 saturated carbocycles. The van der Waals surface area contributed by atoms with Crippen molar-refractivity contribution in [3.05, 3.63) is 59.2 Å². The summed E-state index contributed by atoms with van der Waals surface area (Å²) in [6, 6.07) is 11.2. The Morgan fingerprint density at radius 2 is 1.81 bits per heavy atom. The van der Waals surface area contributed by atoms with Crippen molar-refractivity contribution in [2.45, 2.75) is 32.0 Å². The van der Waals surface area contributed by atoms with Gasteiger partial charge in [-0.25, -0.2) is 0 Å². The highest BCUT2D eigenvalue weighted by molar-refractivity contribution is 5.92. The lowest BCUT2D eigenvalue weighted by Gasteiger charge is -2.37. The molecule has 2 aromatic rings. The first-order chi connectivity index (χ1) is 15.2. The monoisotopic (exact) mass is 447 g/mol. The molecule has 1 N–H and O–H groups in total. The van der Waals surface area contributed by atoms with E-state index in [2.05, 4.69) is 4.90 Å². The van der Waals surface area contributed by atoms with E-state index >= 15 is 0 Å². The zero-order valence-electron chi connectivity index (χ0n) is 18.1. The average Bonchev–Trinajstić information content (AvgIpc) is 2.78. The molecule has 1 amide bonds. The number of aryl methyl sites for hydroxylation is 1. The molecule has 5 nitrogen and oxygen atoms in total. The second-order valence-corrected chi connectivity index (χ2v) is 8.51. The number of carbonyl (C=O) groups is 1. The molecular weight excluding hydrogens is 419 g/mol. The van der Waals surface area contributed by atoms with E-state index in [9.17, 15) is 23.1 Å². The molecule has 2 heterocycles. The summed E-state index contributed by atoms with van der Waals surface area (Å²) >= 11 is 0. The fourth-order valence-electron chi connectivity index (χ4n) is 4.57. The van der Waals surface area contributed by atoms with Gasteiger partial charge < -0.3 is 14.9 Å². The molecule has 32 heavy (non-hydrogen) atoms. The first-order valence-electron chi connectivity index (χ1n) is 11.0. The number of benzene rings is 2. The van der Waals surface area contributed by atoms with Crippen LogP contribution in [-0.4, -0.2) is 55.2 Å². The summed E-state index contributed by atoms with van der Waals surface area (Å²) in [5.41, 5.74) is 2.77. The number of β-amino-alcohol motifs (C(OH)–C–C–N with tert-alkyl or cyclic N) is 1. The number of carbonyl (C=O) groups excluding carboxylic acids is 1. The van der Waals surface area contributed by atoms with Crippen LogP contribution in [0.15, 0.2) is 42.5 Å². The first kappa shape index (κ1) is 22.6. The average molecular weight is 448 g/mol. The van der Waals surface area contributed by atoms with E-state index in [-0.39, 0.29) is 5.91 Å². The highest BCUT2D eigenvalue weighted by atomic mass is 19.4. The van der Waals surface area contributed by atoms with Crippen LogP contribution in [0.3, 0.4) is 0 Å². The molecule has 0 aromatic heterocycles. The largest absolute Gasteiger partial charge is 0.416 e. The summed E-state index contributed by atoms with van der Waals surface area (Å²) in [6.45, 7) is 5.28. The van der Waals surface area contributed by atoms with Crippen LogP contribution in [-0.2, 0) is 17.4 Å². The molecule has 0 radical (unpaired) electrons. The van der Waals surface area contributed by atoms with Crippen LogP contribution in [0.5, 0.6) is 0 Å². The number of amides is 1. The van der Waals surface area contributed by atoms with E-state index in [1.54, 1.807) is 17.9 Å². The Morgan fingerprint density at radius 3 is 2.50 bits per heavy atom. The molecule has 0 aliphatic carbocycles. The molecule has 1 atom stereocenters. The Hall–Kier alpha value is -2.58. The van der Waals surface area contributed by atoms with Crippen molar-refractivity contribution in [2.24, 2.45) is 0 Å². The lowest BCUT2D eigenvalue weighted by molar-refractivity contribution is -0.137. The number of hydrogen-bond acceptors (Lipinski definition) is 4. The van der Waals surface area contributed by atoms with Gasteiger partial charge in [-0.1, -0.05) is 18.2 Å². The molecule has 1 fully saturated rings. The van der Waals surface area contributed by atoms with Crippen LogP contribution >= 0.6 is 0 Å². The summed E-state index contributed by atoms with van der Waals surface area (Å²) in [6.07, 6.45) is -3.22. The van der Waals surface area contributed by atoms with Crippen LogP contribution in [0.4, 0.5) is 24.5 Å². The maximum atomic E-state index is 13.0. The molecular formula is C24H28F3N3O2. The zero-order chi connectivity index (χ0) is 22.9. The number of piperazine rings is 1. The van der Waals surface area contributed by atoms with Gasteiger partial charge in [0.15, 0.2) is 0 Å². The van der Waals surface area contributed by atoms with Crippen molar-refractivity contribution in [3.63, 3.8) is 0 Å². The molecule has 2 aromatic carbocycles. The quantitative estimate of drug-likeness (QED) is 0.773. The maximum Gasteiger partial charge on any atom is 0.416 e. The van der Waals surface area contributed by atoms with Crippen molar-refractivity contribution in [3.8, 4) is 0 Å². The SMILES string of the molecule is CC(=O)N1CCCc2cc([C@H](O)CN3CCN(c4cccc(C(F)(F)F)c4)CC3)ccc21. The fraction of sp³-hybridized carbons (Fsp3) is 0.458. The van der Waals surface area contributed by atoms with Crippen molar-refractivity contribution in [1.29, 1.82) is 0 Å². The number of fused-ring (bicyclic) bond motifs is 1. The number of aliphatic hydroxyl groups excluding tert-OH is 1. The molecule has 0 unspecified atom stereocenters. The van der Waals surface area contributed by atoms with E-state index in [1.165, 1.54) is 12.1 Å². The van der Waals surface area contributed by atoms with Crippen LogP contribution in [0, 0.1) is 0 Å². The number of anilines is 2. The second-order valence-electron chi connectivity index (χ2n) is 8.51. The molecule has 172 valence electrons. The standard InChI is InChI=1S/C24H28F3N3O2/c1-17(31)30-9-3-4-18-14-19(7-8-22(18)30)23(32)16-28-10-12-29(13-11-28)21-6-2-5-20(15-21)24(25,26)27/h2,5-8,14-15,23,32H,3-4,9-13,16H2,1H3/t23-/m1/s1. The predicted molar refractivity (Wildman–Crippen MR) is 118 cm³/mol. The Kier molecular flexibility index (Phi) is 6.44. The van der Waals surface area contributed by atoms with Gasteiger partial charge in [0.2, 0.25) is 5.91 Å². The fourth-order valence-corrected chi connectivity index (χ4v) is 4.57. The van der Waals surface area contributed by atoms with E-state index < -0.39 is 17.8 Å². The number of nitrogens with zero attached hydrogens (tertiary/aromatic N) is 3. The van der Waals surface area contributed by atoms with Crippen LogP contribution in [0.2, 0.25) is 0 Å². The van der Waals surface area contributed by atoms with Crippen molar-refractivity contribution < 1.29 is 23.1 Å². The van der Waals surface area contributed by atoms with Gasteiger partial charge >= 0.3 is 6.18 Å². The lowest BCUT2D eigenvalue weighted by atomic mass is 9.97. The molecule has 2 aliphatic rings. The predicted octanol–water partition coefficient (Wildman–Crippen LogP) is 3.86. The lowest BCUT2D eigenvalue weighted by Crippen LogP contribution is -2.47. The van der Waals surface area contributed by atoms with Crippen molar-refractivity contribution in [1.82, 2.24) is 4.90 Å². The molecule has 8 heteroatoms. The van der Waals surface area contributed by atoms with Crippen LogP contribution in [0.1, 0.15) is 36.1 Å². The molecule has 2 aliphatic heterocycles. The number of halogens is 3. The van der Waals surface area contributed by atoms with Gasteiger partial charge in [0, 0.05) is 57.6 Å². The third-order valence-electron chi connectivity index (χ3n) is 6.33. The van der Waals surface area contributed by atoms with E-state index in [0.717, 1.165) is 42.3 Å².